The summed E-state index contributed by atoms with van der Waals surface area (Å²) in [6.07, 6.45) is 2.12. The van der Waals surface area contributed by atoms with E-state index in [9.17, 15) is 19.2 Å². The highest BCUT2D eigenvalue weighted by Gasteiger charge is 2.25. The summed E-state index contributed by atoms with van der Waals surface area (Å²) >= 11 is 0. The number of nitrogens with one attached hydrogen (secondary N) is 2. The van der Waals surface area contributed by atoms with Gasteiger partial charge in [-0.1, -0.05) is 20.3 Å². The predicted molar refractivity (Wildman–Crippen MR) is 121 cm³/mol. The zero-order valence-corrected chi connectivity index (χ0v) is 19.5. The second-order valence-electron chi connectivity index (χ2n) is 7.61. The van der Waals surface area contributed by atoms with E-state index >= 15 is 0 Å². The van der Waals surface area contributed by atoms with Crippen LogP contribution in [0, 0.1) is 6.92 Å². The molecule has 0 saturated heterocycles. The molecule has 0 aliphatic rings. The van der Waals surface area contributed by atoms with Crippen molar-refractivity contribution < 1.29 is 19.1 Å². The van der Waals surface area contributed by atoms with Gasteiger partial charge in [0.2, 0.25) is 0 Å². The number of carbonyl (C=O) groups excluding carboxylic acids is 2. The Bertz CT molecular complexity index is 1310. The maximum Gasteiger partial charge on any atom is 0.355 e. The quantitative estimate of drug-likeness (QED) is 0.467. The van der Waals surface area contributed by atoms with Gasteiger partial charge in [0, 0.05) is 18.8 Å². The van der Waals surface area contributed by atoms with Crippen LogP contribution in [0.3, 0.4) is 0 Å². The van der Waals surface area contributed by atoms with Crippen LogP contribution in [0.15, 0.2) is 9.59 Å². The smallest absolute Gasteiger partial charge is 0.355 e. The molecule has 0 aliphatic carbocycles. The molecular formula is C22H29N5O6. The van der Waals surface area contributed by atoms with Crippen LogP contribution in [-0.2, 0) is 35.6 Å². The first kappa shape index (κ1) is 24.0. The van der Waals surface area contributed by atoms with Crippen molar-refractivity contribution in [3.05, 3.63) is 49.2 Å². The lowest BCUT2D eigenvalue weighted by atomic mass is 10.1. The van der Waals surface area contributed by atoms with Crippen LogP contribution in [-0.4, -0.2) is 43.1 Å². The molecule has 0 bridgehead atoms. The van der Waals surface area contributed by atoms with Crippen molar-refractivity contribution in [1.82, 2.24) is 24.1 Å². The molecule has 33 heavy (non-hydrogen) atoms. The number of esters is 2. The minimum atomic E-state index is -0.663. The van der Waals surface area contributed by atoms with Crippen molar-refractivity contribution in [1.29, 1.82) is 0 Å². The van der Waals surface area contributed by atoms with Crippen molar-refractivity contribution in [3.8, 4) is 0 Å². The van der Waals surface area contributed by atoms with Gasteiger partial charge in [0.05, 0.1) is 12.7 Å². The first-order valence-electron chi connectivity index (χ1n) is 11.0. The van der Waals surface area contributed by atoms with E-state index in [0.717, 1.165) is 12.8 Å². The molecule has 11 nitrogen and oxygen atoms in total. The van der Waals surface area contributed by atoms with E-state index in [1.54, 1.807) is 11.5 Å². The van der Waals surface area contributed by atoms with E-state index in [0.29, 0.717) is 42.2 Å². The number of nitrogens with zero attached hydrogens (tertiary/aromatic N) is 3. The van der Waals surface area contributed by atoms with E-state index in [2.05, 4.69) is 15.0 Å². The third kappa shape index (κ3) is 4.35. The van der Waals surface area contributed by atoms with Gasteiger partial charge in [-0.25, -0.2) is 19.4 Å². The lowest BCUT2D eigenvalue weighted by Crippen LogP contribution is -2.31. The van der Waals surface area contributed by atoms with Gasteiger partial charge in [0.15, 0.2) is 11.2 Å². The average Bonchev–Trinajstić information content (AvgIpc) is 3.34. The van der Waals surface area contributed by atoms with E-state index in [1.807, 2.05) is 20.8 Å². The Kier molecular flexibility index (Phi) is 7.19. The number of carbonyl (C=O) groups is 2. The molecule has 0 aliphatic heterocycles. The van der Waals surface area contributed by atoms with Gasteiger partial charge >= 0.3 is 17.6 Å². The van der Waals surface area contributed by atoms with Crippen LogP contribution in [0.1, 0.15) is 71.5 Å². The largest absolute Gasteiger partial charge is 0.465 e. The number of hydrogen-bond acceptors (Lipinski definition) is 7. The zero-order valence-electron chi connectivity index (χ0n) is 19.5. The van der Waals surface area contributed by atoms with Crippen LogP contribution in [0.25, 0.3) is 11.2 Å². The highest BCUT2D eigenvalue weighted by atomic mass is 16.5. The molecule has 0 amide bonds. The number of methoxy groups -OCH3 is 1. The maximum atomic E-state index is 12.8. The van der Waals surface area contributed by atoms with Gasteiger partial charge in [-0.05, 0) is 32.3 Å². The maximum absolute atomic E-state index is 12.8. The topological polar surface area (TPSA) is 141 Å². The molecule has 3 heterocycles. The Labute approximate surface area is 189 Å². The van der Waals surface area contributed by atoms with Crippen molar-refractivity contribution in [2.24, 2.45) is 0 Å². The van der Waals surface area contributed by atoms with Gasteiger partial charge < -0.3 is 19.0 Å². The lowest BCUT2D eigenvalue weighted by Gasteiger charge is -2.07. The standard InChI is InChI=1S/C22H29N5O6/c1-6-9-10-27-18-17(19(28)25-22(27)31)26(8-3)14(24-18)11-33-21(30)16-12(4)15(20(29)32-5)13(7-2)23-16/h23H,6-11H2,1-5H3,(H,25,28,31). The lowest BCUT2D eigenvalue weighted by molar-refractivity contribution is 0.0451. The number of aromatic nitrogens is 5. The van der Waals surface area contributed by atoms with Gasteiger partial charge in [0.25, 0.3) is 5.56 Å². The van der Waals surface area contributed by atoms with Crippen LogP contribution >= 0.6 is 0 Å². The van der Waals surface area contributed by atoms with Gasteiger partial charge in [-0.3, -0.25) is 14.3 Å². The first-order chi connectivity index (χ1) is 15.8. The summed E-state index contributed by atoms with van der Waals surface area (Å²) < 4.78 is 13.4. The molecule has 0 saturated carbocycles. The number of imidazole rings is 1. The van der Waals surface area contributed by atoms with Crippen LogP contribution in [0.4, 0.5) is 0 Å². The second kappa shape index (κ2) is 9.88. The Hall–Kier alpha value is -3.63. The second-order valence-corrected chi connectivity index (χ2v) is 7.61. The normalized spacial score (nSPS) is 11.2. The summed E-state index contributed by atoms with van der Waals surface area (Å²) in [5.74, 6) is -0.851. The Morgan fingerprint density at radius 3 is 2.39 bits per heavy atom. The van der Waals surface area contributed by atoms with Crippen molar-refractivity contribution >= 4 is 23.1 Å². The van der Waals surface area contributed by atoms with Gasteiger partial charge in [0.1, 0.15) is 18.1 Å². The number of unbranched alkanes of at least 4 members (excludes halogenated alkanes) is 1. The zero-order chi connectivity index (χ0) is 24.3. The molecule has 0 fully saturated rings. The third-order valence-electron chi connectivity index (χ3n) is 5.62. The molecule has 3 aromatic heterocycles. The average molecular weight is 460 g/mol. The number of fused-ring (bicyclic) bond motifs is 1. The van der Waals surface area contributed by atoms with Crippen molar-refractivity contribution in [3.63, 3.8) is 0 Å². The fourth-order valence-electron chi connectivity index (χ4n) is 3.90. The number of ether oxygens (including phenoxy) is 2. The summed E-state index contributed by atoms with van der Waals surface area (Å²) in [6, 6.07) is 0. The van der Waals surface area contributed by atoms with Crippen molar-refractivity contribution in [2.45, 2.75) is 66.7 Å². The molecule has 3 rings (SSSR count). The molecule has 0 aromatic carbocycles. The number of H-pyrrole nitrogens is 2. The predicted octanol–water partition coefficient (Wildman–Crippen LogP) is 2.05. The molecule has 2 N–H and O–H groups in total. The molecule has 0 unspecified atom stereocenters. The molecule has 0 spiro atoms. The summed E-state index contributed by atoms with van der Waals surface area (Å²) in [5, 5.41) is 0. The van der Waals surface area contributed by atoms with Crippen LogP contribution < -0.4 is 11.2 Å². The molecule has 0 atom stereocenters. The fraction of sp³-hybridized carbons (Fsp3) is 0.500. The van der Waals surface area contributed by atoms with E-state index in [1.165, 1.54) is 11.7 Å². The van der Waals surface area contributed by atoms with E-state index < -0.39 is 23.2 Å². The molecule has 178 valence electrons. The Balaban J connectivity index is 1.96. The number of aryl methyl sites for hydroxylation is 3. The van der Waals surface area contributed by atoms with E-state index in [4.69, 9.17) is 9.47 Å². The highest BCUT2D eigenvalue weighted by molar-refractivity contribution is 5.98. The minimum Gasteiger partial charge on any atom is -0.465 e. The first-order valence-corrected chi connectivity index (χ1v) is 11.0. The Morgan fingerprint density at radius 2 is 1.79 bits per heavy atom. The minimum absolute atomic E-state index is 0.157. The molecule has 11 heteroatoms. The third-order valence-corrected chi connectivity index (χ3v) is 5.62. The highest BCUT2D eigenvalue weighted by Crippen LogP contribution is 2.21. The summed E-state index contributed by atoms with van der Waals surface area (Å²) in [7, 11) is 1.28. The number of aromatic amines is 2. The van der Waals surface area contributed by atoms with Gasteiger partial charge in [-0.2, -0.15) is 0 Å². The van der Waals surface area contributed by atoms with Gasteiger partial charge in [-0.15, -0.1) is 0 Å². The Morgan fingerprint density at radius 1 is 1.06 bits per heavy atom. The SMILES string of the molecule is CCCCn1c(=O)[nH]c(=O)c2c1nc(COC(=O)c1[nH]c(CC)c(C(=O)OC)c1C)n2CC. The monoisotopic (exact) mass is 459 g/mol. The van der Waals surface area contributed by atoms with E-state index in [-0.39, 0.29) is 23.5 Å². The molecule has 0 radical (unpaired) electrons. The number of rotatable bonds is 9. The summed E-state index contributed by atoms with van der Waals surface area (Å²) in [6.45, 7) is 7.93. The van der Waals surface area contributed by atoms with Crippen LogP contribution in [0.2, 0.25) is 0 Å². The molecular weight excluding hydrogens is 430 g/mol. The van der Waals surface area contributed by atoms with Crippen LogP contribution in [0.5, 0.6) is 0 Å². The van der Waals surface area contributed by atoms with Crippen molar-refractivity contribution in [2.75, 3.05) is 7.11 Å². The fourth-order valence-corrected chi connectivity index (χ4v) is 3.90. The molecule has 3 aromatic rings. The summed E-state index contributed by atoms with van der Waals surface area (Å²) in [4.78, 5) is 59.5. The summed E-state index contributed by atoms with van der Waals surface area (Å²) in [5.41, 5.74) is 0.971. The number of hydrogen-bond donors (Lipinski definition) is 2.